The molecule has 2 aliphatic rings. The molecule has 2 fully saturated rings. The van der Waals surface area contributed by atoms with Crippen LogP contribution in [0.3, 0.4) is 0 Å². The van der Waals surface area contributed by atoms with Gasteiger partial charge in [0.25, 0.3) is 0 Å². The molecular formula is C18H25N5O2S. The van der Waals surface area contributed by atoms with Gasteiger partial charge in [0.1, 0.15) is 0 Å². The molecule has 0 aliphatic carbocycles. The molecule has 0 bridgehead atoms. The number of pyridine rings is 1. The van der Waals surface area contributed by atoms with Crippen LogP contribution in [-0.4, -0.2) is 59.2 Å². The molecule has 7 nitrogen and oxygen atoms in total. The molecule has 8 heteroatoms. The van der Waals surface area contributed by atoms with Gasteiger partial charge >= 0.3 is 0 Å². The van der Waals surface area contributed by atoms with Crippen molar-refractivity contribution >= 4 is 9.84 Å². The molecule has 0 amide bonds. The summed E-state index contributed by atoms with van der Waals surface area (Å²) in [4.78, 5) is 6.69. The van der Waals surface area contributed by atoms with Crippen LogP contribution in [0.5, 0.6) is 0 Å². The minimum atomic E-state index is -2.95. The van der Waals surface area contributed by atoms with E-state index in [0.29, 0.717) is 6.42 Å². The van der Waals surface area contributed by atoms with Crippen LogP contribution in [0, 0.1) is 0 Å². The van der Waals surface area contributed by atoms with Gasteiger partial charge in [0.05, 0.1) is 23.2 Å². The van der Waals surface area contributed by atoms with Crippen LogP contribution in [0.1, 0.15) is 30.5 Å². The van der Waals surface area contributed by atoms with Crippen LogP contribution in [-0.2, 0) is 21.9 Å². The van der Waals surface area contributed by atoms with Crippen molar-refractivity contribution in [1.29, 1.82) is 0 Å². The van der Waals surface area contributed by atoms with E-state index in [9.17, 15) is 8.42 Å². The Balaban J connectivity index is 1.51. The van der Waals surface area contributed by atoms with E-state index in [1.54, 1.807) is 6.20 Å². The molecule has 140 valence electrons. The first-order valence-corrected chi connectivity index (χ1v) is 10.9. The largest absolute Gasteiger partial charge is 0.314 e. The second-order valence-electron chi connectivity index (χ2n) is 7.61. The van der Waals surface area contributed by atoms with Crippen molar-refractivity contribution in [2.45, 2.75) is 31.5 Å². The van der Waals surface area contributed by atoms with Gasteiger partial charge in [-0.2, -0.15) is 5.10 Å². The molecule has 0 saturated carbocycles. The second kappa shape index (κ2) is 6.75. The van der Waals surface area contributed by atoms with Crippen LogP contribution in [0.2, 0.25) is 0 Å². The molecule has 2 atom stereocenters. The zero-order valence-corrected chi connectivity index (χ0v) is 15.8. The lowest BCUT2D eigenvalue weighted by Crippen LogP contribution is -2.45. The van der Waals surface area contributed by atoms with E-state index >= 15 is 0 Å². The number of nitrogens with zero attached hydrogens (tertiary/aromatic N) is 4. The average Bonchev–Trinajstić information content (AvgIpc) is 3.21. The van der Waals surface area contributed by atoms with Gasteiger partial charge in [-0.3, -0.25) is 14.6 Å². The number of rotatable bonds is 4. The van der Waals surface area contributed by atoms with Crippen LogP contribution in [0.4, 0.5) is 0 Å². The van der Waals surface area contributed by atoms with E-state index in [0.717, 1.165) is 31.7 Å². The maximum atomic E-state index is 11.9. The molecule has 0 aromatic carbocycles. The lowest BCUT2D eigenvalue weighted by molar-refractivity contribution is 0.153. The maximum absolute atomic E-state index is 11.9. The quantitative estimate of drug-likeness (QED) is 0.857. The normalized spacial score (nSPS) is 29.0. The highest BCUT2D eigenvalue weighted by Crippen LogP contribution is 2.31. The van der Waals surface area contributed by atoms with Gasteiger partial charge < -0.3 is 5.32 Å². The first kappa shape index (κ1) is 17.6. The molecule has 4 heterocycles. The summed E-state index contributed by atoms with van der Waals surface area (Å²) in [5.74, 6) is 0.423. The highest BCUT2D eigenvalue weighted by Gasteiger charge is 2.40. The van der Waals surface area contributed by atoms with Crippen LogP contribution in [0.25, 0.3) is 0 Å². The first-order valence-electron chi connectivity index (χ1n) is 9.04. The summed E-state index contributed by atoms with van der Waals surface area (Å²) in [6.45, 7) is 5.59. The summed E-state index contributed by atoms with van der Waals surface area (Å²) in [6, 6.07) is 4.37. The average molecular weight is 375 g/mol. The van der Waals surface area contributed by atoms with E-state index in [4.69, 9.17) is 0 Å². The number of hydrogen-bond acceptors (Lipinski definition) is 6. The number of nitrogens with one attached hydrogen (secondary N) is 1. The van der Waals surface area contributed by atoms with Crippen molar-refractivity contribution in [2.24, 2.45) is 0 Å². The lowest BCUT2D eigenvalue weighted by Gasteiger charge is -2.36. The molecule has 26 heavy (non-hydrogen) atoms. The standard InChI is InChI=1S/C18H25N5O2S/c1-18(4-8-26(24,25)14-18)23-13-15(9-21-23)12-22-7-6-20-11-17(22)16-3-2-5-19-10-16/h2-3,5,9-10,13,17,20H,4,6-8,11-12,14H2,1H3. The van der Waals surface area contributed by atoms with Crippen molar-refractivity contribution in [1.82, 2.24) is 25.0 Å². The molecular weight excluding hydrogens is 350 g/mol. The van der Waals surface area contributed by atoms with Crippen LogP contribution < -0.4 is 5.32 Å². The maximum Gasteiger partial charge on any atom is 0.152 e. The molecule has 0 spiro atoms. The fourth-order valence-corrected chi connectivity index (χ4v) is 6.10. The van der Waals surface area contributed by atoms with E-state index in [-0.39, 0.29) is 17.5 Å². The Morgan fingerprint density at radius 2 is 2.27 bits per heavy atom. The Hall–Kier alpha value is -1.77. The van der Waals surface area contributed by atoms with Crippen molar-refractivity contribution in [3.8, 4) is 0 Å². The second-order valence-corrected chi connectivity index (χ2v) is 9.79. The zero-order chi connectivity index (χ0) is 18.2. The zero-order valence-electron chi connectivity index (χ0n) is 15.0. The topological polar surface area (TPSA) is 80.1 Å². The van der Waals surface area contributed by atoms with Gasteiger partial charge in [-0.15, -0.1) is 0 Å². The minimum Gasteiger partial charge on any atom is -0.314 e. The Kier molecular flexibility index (Phi) is 4.58. The van der Waals surface area contributed by atoms with E-state index in [1.165, 1.54) is 5.56 Å². The van der Waals surface area contributed by atoms with Gasteiger partial charge in [-0.1, -0.05) is 6.07 Å². The summed E-state index contributed by atoms with van der Waals surface area (Å²) < 4.78 is 25.6. The molecule has 2 unspecified atom stereocenters. The summed E-state index contributed by atoms with van der Waals surface area (Å²) in [5.41, 5.74) is 1.90. The highest BCUT2D eigenvalue weighted by molar-refractivity contribution is 7.91. The molecule has 2 saturated heterocycles. The summed E-state index contributed by atoms with van der Waals surface area (Å²) in [5, 5.41) is 7.95. The third-order valence-electron chi connectivity index (χ3n) is 5.48. The van der Waals surface area contributed by atoms with Crippen molar-refractivity contribution in [2.75, 3.05) is 31.1 Å². The number of sulfone groups is 1. The summed E-state index contributed by atoms with van der Waals surface area (Å²) in [7, 11) is -2.95. The predicted octanol–water partition coefficient (Wildman–Crippen LogP) is 0.958. The first-order chi connectivity index (χ1) is 12.5. The van der Waals surface area contributed by atoms with Gasteiger partial charge in [-0.25, -0.2) is 8.42 Å². The third kappa shape index (κ3) is 3.54. The van der Waals surface area contributed by atoms with E-state index < -0.39 is 15.4 Å². The van der Waals surface area contributed by atoms with Gasteiger partial charge in [0.15, 0.2) is 9.84 Å². The van der Waals surface area contributed by atoms with Gasteiger partial charge in [-0.05, 0) is 25.0 Å². The predicted molar refractivity (Wildman–Crippen MR) is 99.4 cm³/mol. The third-order valence-corrected chi connectivity index (χ3v) is 7.37. The molecule has 2 aliphatic heterocycles. The Bertz CT molecular complexity index is 867. The Morgan fingerprint density at radius 3 is 3.00 bits per heavy atom. The minimum absolute atomic E-state index is 0.174. The highest BCUT2D eigenvalue weighted by atomic mass is 32.2. The smallest absolute Gasteiger partial charge is 0.152 e. The SMILES string of the molecule is CC1(n2cc(CN3CCNCC3c3cccnc3)cn2)CCS(=O)(=O)C1. The Morgan fingerprint density at radius 1 is 1.38 bits per heavy atom. The monoisotopic (exact) mass is 375 g/mol. The molecule has 0 radical (unpaired) electrons. The molecule has 1 N–H and O–H groups in total. The van der Waals surface area contributed by atoms with Crippen molar-refractivity contribution < 1.29 is 8.42 Å². The number of aromatic nitrogens is 3. The number of piperazine rings is 1. The molecule has 2 aromatic rings. The summed E-state index contributed by atoms with van der Waals surface area (Å²) >= 11 is 0. The van der Waals surface area contributed by atoms with Crippen molar-refractivity contribution in [3.05, 3.63) is 48.0 Å². The van der Waals surface area contributed by atoms with Crippen LogP contribution in [0.15, 0.2) is 36.9 Å². The fraction of sp³-hybridized carbons (Fsp3) is 0.556. The molecule has 2 aromatic heterocycles. The Labute approximate surface area is 154 Å². The fourth-order valence-electron chi connectivity index (χ4n) is 3.98. The lowest BCUT2D eigenvalue weighted by atomic mass is 10.0. The van der Waals surface area contributed by atoms with Gasteiger partial charge in [0.2, 0.25) is 0 Å². The number of hydrogen-bond donors (Lipinski definition) is 1. The van der Waals surface area contributed by atoms with E-state index in [1.807, 2.05) is 36.3 Å². The van der Waals surface area contributed by atoms with Gasteiger partial charge in [0, 0.05) is 56.4 Å². The summed E-state index contributed by atoms with van der Waals surface area (Å²) in [6.07, 6.45) is 8.24. The van der Waals surface area contributed by atoms with E-state index in [2.05, 4.69) is 26.4 Å². The molecule has 4 rings (SSSR count). The van der Waals surface area contributed by atoms with Crippen molar-refractivity contribution in [3.63, 3.8) is 0 Å². The van der Waals surface area contributed by atoms with Crippen LogP contribution >= 0.6 is 0 Å².